The summed E-state index contributed by atoms with van der Waals surface area (Å²) in [5.41, 5.74) is 4.78. The summed E-state index contributed by atoms with van der Waals surface area (Å²) in [6.45, 7) is 0.334. The minimum Gasteiger partial charge on any atom is -0.344 e. The highest BCUT2D eigenvalue weighted by Crippen LogP contribution is 2.30. The third kappa shape index (κ3) is 3.65. The summed E-state index contributed by atoms with van der Waals surface area (Å²) in [5, 5.41) is 10.4. The van der Waals surface area contributed by atoms with Crippen LogP contribution in [0.3, 0.4) is 0 Å². The van der Waals surface area contributed by atoms with E-state index >= 15 is 0 Å². The van der Waals surface area contributed by atoms with Crippen molar-refractivity contribution in [2.24, 2.45) is 5.73 Å². The van der Waals surface area contributed by atoms with Crippen LogP contribution in [0.25, 0.3) is 5.69 Å². The van der Waals surface area contributed by atoms with Crippen molar-refractivity contribution in [2.75, 3.05) is 6.54 Å². The molecule has 1 amide bonds. The van der Waals surface area contributed by atoms with Crippen LogP contribution in [0.15, 0.2) is 30.5 Å². The summed E-state index contributed by atoms with van der Waals surface area (Å²) < 4.78 is 39.6. The molecule has 25 heavy (non-hydrogen) atoms. The monoisotopic (exact) mass is 353 g/mol. The zero-order chi connectivity index (χ0) is 18.1. The number of hydrogen-bond acceptors (Lipinski definition) is 4. The fourth-order valence-corrected chi connectivity index (χ4v) is 3.06. The molecule has 3 N–H and O–H groups in total. The maximum atomic E-state index is 12.8. The molecule has 1 saturated carbocycles. The number of halogens is 3. The molecule has 0 saturated heterocycles. The lowest BCUT2D eigenvalue weighted by Gasteiger charge is -2.28. The van der Waals surface area contributed by atoms with E-state index in [1.165, 1.54) is 18.3 Å². The Balaban J connectivity index is 1.79. The smallest absolute Gasteiger partial charge is 0.344 e. The number of aromatic nitrogens is 3. The first-order chi connectivity index (χ1) is 11.8. The molecule has 1 heterocycles. The average Bonchev–Trinajstić information content (AvgIpc) is 3.24. The Morgan fingerprint density at radius 3 is 2.68 bits per heavy atom. The Hall–Kier alpha value is -2.42. The second-order valence-electron chi connectivity index (χ2n) is 6.24. The number of alkyl halides is 3. The van der Waals surface area contributed by atoms with Crippen LogP contribution in [0.1, 0.15) is 41.7 Å². The van der Waals surface area contributed by atoms with Crippen molar-refractivity contribution in [1.29, 1.82) is 0 Å². The van der Waals surface area contributed by atoms with Gasteiger partial charge in [-0.15, -0.1) is 5.10 Å². The molecule has 0 bridgehead atoms. The molecule has 0 aliphatic heterocycles. The van der Waals surface area contributed by atoms with Crippen LogP contribution in [-0.2, 0) is 6.18 Å². The van der Waals surface area contributed by atoms with Gasteiger partial charge in [-0.1, -0.05) is 24.1 Å². The fraction of sp³-hybridized carbons (Fsp3) is 0.438. The van der Waals surface area contributed by atoms with Gasteiger partial charge in [-0.2, -0.15) is 13.2 Å². The summed E-state index contributed by atoms with van der Waals surface area (Å²) in [4.78, 5) is 12.4. The number of hydrogen-bond donors (Lipinski definition) is 2. The summed E-state index contributed by atoms with van der Waals surface area (Å²) in [7, 11) is 0. The van der Waals surface area contributed by atoms with Gasteiger partial charge in [-0.05, 0) is 31.0 Å². The quantitative estimate of drug-likeness (QED) is 0.883. The Morgan fingerprint density at radius 2 is 2.04 bits per heavy atom. The second kappa shape index (κ2) is 6.47. The first-order valence-electron chi connectivity index (χ1n) is 7.96. The second-order valence-corrected chi connectivity index (χ2v) is 6.24. The lowest BCUT2D eigenvalue weighted by molar-refractivity contribution is -0.137. The predicted octanol–water partition coefficient (Wildman–Crippen LogP) is 2.29. The molecule has 3 rings (SSSR count). The van der Waals surface area contributed by atoms with Gasteiger partial charge in [0, 0.05) is 6.54 Å². The maximum Gasteiger partial charge on any atom is 0.416 e. The number of amides is 1. The van der Waals surface area contributed by atoms with Crippen molar-refractivity contribution >= 4 is 5.91 Å². The van der Waals surface area contributed by atoms with E-state index in [-0.39, 0.29) is 11.4 Å². The van der Waals surface area contributed by atoms with Crippen molar-refractivity contribution in [3.63, 3.8) is 0 Å². The third-order valence-electron chi connectivity index (χ3n) is 4.49. The number of carbonyl (C=O) groups excluding carboxylic acids is 1. The summed E-state index contributed by atoms with van der Waals surface area (Å²) in [6, 6.07) is 4.67. The van der Waals surface area contributed by atoms with Gasteiger partial charge in [0.05, 0.1) is 23.0 Å². The Morgan fingerprint density at radius 1 is 1.32 bits per heavy atom. The molecule has 2 aromatic rings. The highest BCUT2D eigenvalue weighted by molar-refractivity contribution is 5.92. The number of nitrogens with two attached hydrogens (primary N) is 1. The lowest BCUT2D eigenvalue weighted by atomic mass is 9.98. The van der Waals surface area contributed by atoms with Gasteiger partial charge < -0.3 is 11.1 Å². The van der Waals surface area contributed by atoms with Gasteiger partial charge in [0.1, 0.15) is 0 Å². The van der Waals surface area contributed by atoms with E-state index < -0.39 is 23.2 Å². The Kier molecular flexibility index (Phi) is 4.51. The molecule has 1 fully saturated rings. The minimum absolute atomic E-state index is 0.0390. The molecule has 1 aromatic carbocycles. The average molecular weight is 353 g/mol. The largest absolute Gasteiger partial charge is 0.416 e. The van der Waals surface area contributed by atoms with Crippen LogP contribution in [0.2, 0.25) is 0 Å². The van der Waals surface area contributed by atoms with Gasteiger partial charge in [-0.3, -0.25) is 4.79 Å². The molecular weight excluding hydrogens is 335 g/mol. The molecule has 1 aliphatic rings. The van der Waals surface area contributed by atoms with Crippen LogP contribution in [0.4, 0.5) is 13.2 Å². The molecule has 0 spiro atoms. The van der Waals surface area contributed by atoms with Crippen molar-refractivity contribution in [1.82, 2.24) is 20.3 Å². The zero-order valence-corrected chi connectivity index (χ0v) is 13.4. The standard InChI is InChI=1S/C16H18F3N5O/c17-16(18,19)11-4-3-5-12(8-11)24-9-13(22-23-24)14(25)21-15(10-20)6-1-2-7-15/h3-5,8-9H,1-2,6-7,10,20H2,(H,21,25). The number of carbonyl (C=O) groups is 1. The molecule has 1 aliphatic carbocycles. The van der Waals surface area contributed by atoms with Crippen molar-refractivity contribution in [2.45, 2.75) is 37.4 Å². The highest BCUT2D eigenvalue weighted by Gasteiger charge is 2.35. The summed E-state index contributed by atoms with van der Waals surface area (Å²) >= 11 is 0. The molecule has 6 nitrogen and oxygen atoms in total. The van der Waals surface area contributed by atoms with Crippen LogP contribution < -0.4 is 11.1 Å². The molecule has 1 aromatic heterocycles. The fourth-order valence-electron chi connectivity index (χ4n) is 3.06. The Bertz CT molecular complexity index is 765. The van der Waals surface area contributed by atoms with E-state index in [0.29, 0.717) is 6.54 Å². The normalized spacial score (nSPS) is 16.8. The minimum atomic E-state index is -4.45. The van der Waals surface area contributed by atoms with Crippen LogP contribution in [-0.4, -0.2) is 33.0 Å². The van der Waals surface area contributed by atoms with Gasteiger partial charge in [0.2, 0.25) is 0 Å². The maximum absolute atomic E-state index is 12.8. The van der Waals surface area contributed by atoms with Crippen molar-refractivity contribution in [3.05, 3.63) is 41.7 Å². The molecule has 0 atom stereocenters. The van der Waals surface area contributed by atoms with E-state index in [2.05, 4.69) is 15.6 Å². The van der Waals surface area contributed by atoms with Gasteiger partial charge in [0.25, 0.3) is 5.91 Å². The van der Waals surface area contributed by atoms with E-state index in [9.17, 15) is 18.0 Å². The van der Waals surface area contributed by atoms with Crippen LogP contribution in [0.5, 0.6) is 0 Å². The SMILES string of the molecule is NCC1(NC(=O)c2cn(-c3cccc(C(F)(F)F)c3)nn2)CCCC1. The molecular formula is C16H18F3N5O. The Labute approximate surface area is 142 Å². The van der Waals surface area contributed by atoms with E-state index in [4.69, 9.17) is 5.73 Å². The molecule has 0 unspecified atom stereocenters. The zero-order valence-electron chi connectivity index (χ0n) is 13.4. The van der Waals surface area contributed by atoms with Crippen molar-refractivity contribution < 1.29 is 18.0 Å². The van der Waals surface area contributed by atoms with Gasteiger partial charge in [0.15, 0.2) is 5.69 Å². The number of rotatable bonds is 4. The number of nitrogens with one attached hydrogen (secondary N) is 1. The predicted molar refractivity (Wildman–Crippen MR) is 84.1 cm³/mol. The summed E-state index contributed by atoms with van der Waals surface area (Å²) in [5.74, 6) is -0.425. The third-order valence-corrected chi connectivity index (χ3v) is 4.49. The molecule has 0 radical (unpaired) electrons. The molecule has 134 valence electrons. The lowest BCUT2D eigenvalue weighted by Crippen LogP contribution is -2.51. The van der Waals surface area contributed by atoms with Crippen LogP contribution >= 0.6 is 0 Å². The van der Waals surface area contributed by atoms with E-state index in [1.807, 2.05) is 0 Å². The highest BCUT2D eigenvalue weighted by atomic mass is 19.4. The molecule has 9 heteroatoms. The van der Waals surface area contributed by atoms with Crippen molar-refractivity contribution in [3.8, 4) is 5.69 Å². The van der Waals surface area contributed by atoms with E-state index in [0.717, 1.165) is 42.5 Å². The van der Waals surface area contributed by atoms with E-state index in [1.54, 1.807) is 0 Å². The topological polar surface area (TPSA) is 85.8 Å². The number of nitrogens with zero attached hydrogens (tertiary/aromatic N) is 3. The first kappa shape index (κ1) is 17.4. The summed E-state index contributed by atoms with van der Waals surface area (Å²) in [6.07, 6.45) is 0.452. The van der Waals surface area contributed by atoms with Gasteiger partial charge >= 0.3 is 6.18 Å². The van der Waals surface area contributed by atoms with Gasteiger partial charge in [-0.25, -0.2) is 4.68 Å². The van der Waals surface area contributed by atoms with Crippen LogP contribution in [0, 0.1) is 0 Å². The number of benzene rings is 1. The first-order valence-corrected chi connectivity index (χ1v) is 7.96.